The van der Waals surface area contributed by atoms with E-state index in [0.717, 1.165) is 16.9 Å². The lowest BCUT2D eigenvalue weighted by Crippen LogP contribution is -2.30. The summed E-state index contributed by atoms with van der Waals surface area (Å²) in [6, 6.07) is 17.0. The van der Waals surface area contributed by atoms with E-state index in [4.69, 9.17) is 14.2 Å². The van der Waals surface area contributed by atoms with Crippen LogP contribution in [0.3, 0.4) is 0 Å². The Morgan fingerprint density at radius 2 is 1.64 bits per heavy atom. The summed E-state index contributed by atoms with van der Waals surface area (Å²) in [7, 11) is 1.54. The van der Waals surface area contributed by atoms with Gasteiger partial charge in [-0.15, -0.1) is 0 Å². The van der Waals surface area contributed by atoms with Crippen LogP contribution in [0.2, 0.25) is 0 Å². The van der Waals surface area contributed by atoms with Gasteiger partial charge in [0.15, 0.2) is 0 Å². The number of ether oxygens (including phenoxy) is 3. The summed E-state index contributed by atoms with van der Waals surface area (Å²) in [6.45, 7) is 6.46. The number of methoxy groups -OCH3 is 1. The summed E-state index contributed by atoms with van der Waals surface area (Å²) in [5, 5.41) is 3.11. The maximum Gasteiger partial charge on any atom is 0.340 e. The zero-order valence-electron chi connectivity index (χ0n) is 19.4. The van der Waals surface area contributed by atoms with Gasteiger partial charge in [-0.25, -0.2) is 4.79 Å². The second-order valence-electron chi connectivity index (χ2n) is 7.57. The van der Waals surface area contributed by atoms with Crippen LogP contribution in [0.25, 0.3) is 0 Å². The molecule has 174 valence electrons. The highest BCUT2D eigenvalue weighted by Crippen LogP contribution is 2.26. The van der Waals surface area contributed by atoms with E-state index in [-0.39, 0.29) is 18.6 Å². The number of esters is 1. The van der Waals surface area contributed by atoms with E-state index >= 15 is 0 Å². The van der Waals surface area contributed by atoms with Gasteiger partial charge >= 0.3 is 5.97 Å². The summed E-state index contributed by atoms with van der Waals surface area (Å²) in [5.74, 6) is -0.0235. The van der Waals surface area contributed by atoms with Crippen molar-refractivity contribution in [3.63, 3.8) is 0 Å². The van der Waals surface area contributed by atoms with Crippen LogP contribution in [0.5, 0.6) is 5.75 Å². The lowest BCUT2D eigenvalue weighted by atomic mass is 9.98. The van der Waals surface area contributed by atoms with Crippen LogP contribution in [0.4, 0.5) is 0 Å². The van der Waals surface area contributed by atoms with Crippen molar-refractivity contribution in [2.75, 3.05) is 26.9 Å². The average Bonchev–Trinajstić information content (AvgIpc) is 3.13. The Hall–Kier alpha value is -3.58. The topological polar surface area (TPSA) is 89.7 Å². The molecule has 2 N–H and O–H groups in total. The van der Waals surface area contributed by atoms with Gasteiger partial charge in [-0.3, -0.25) is 4.79 Å². The summed E-state index contributed by atoms with van der Waals surface area (Å²) < 4.78 is 15.7. The highest BCUT2D eigenvalue weighted by Gasteiger charge is 2.25. The fourth-order valence-corrected chi connectivity index (χ4v) is 3.70. The van der Waals surface area contributed by atoms with Crippen molar-refractivity contribution in [1.82, 2.24) is 10.3 Å². The van der Waals surface area contributed by atoms with Gasteiger partial charge in [0.25, 0.3) is 5.91 Å². The van der Waals surface area contributed by atoms with Crippen LogP contribution >= 0.6 is 0 Å². The molecular weight excluding hydrogens is 420 g/mol. The monoisotopic (exact) mass is 450 g/mol. The zero-order chi connectivity index (χ0) is 23.8. The summed E-state index contributed by atoms with van der Waals surface area (Å²) in [5.41, 5.74) is 3.68. The molecule has 1 heterocycles. The molecule has 0 saturated heterocycles. The van der Waals surface area contributed by atoms with Crippen LogP contribution in [0.15, 0.2) is 54.6 Å². The first kappa shape index (κ1) is 24.1. The minimum absolute atomic E-state index is 0.148. The van der Waals surface area contributed by atoms with Gasteiger partial charge in [0.05, 0.1) is 24.8 Å². The second kappa shape index (κ2) is 11.3. The Bertz CT molecular complexity index is 1070. The molecule has 7 nitrogen and oxygen atoms in total. The summed E-state index contributed by atoms with van der Waals surface area (Å²) in [6.07, 6.45) is 0. The third kappa shape index (κ3) is 5.81. The number of nitrogens with one attached hydrogen (secondary N) is 2. The number of aromatic nitrogens is 1. The molecule has 3 aromatic rings. The first-order chi connectivity index (χ1) is 16.0. The number of carbonyl (C=O) groups excluding carboxylic acids is 2. The fourth-order valence-electron chi connectivity index (χ4n) is 3.70. The van der Waals surface area contributed by atoms with Gasteiger partial charge in [-0.2, -0.15) is 0 Å². The molecule has 0 radical (unpaired) electrons. The Morgan fingerprint density at radius 3 is 2.27 bits per heavy atom. The number of hydrogen-bond acceptors (Lipinski definition) is 5. The SMILES string of the molecule is CCOc1ccc(C(NC(=O)c2[nH]c(C)c(C(=O)OCCOC)c2C)c2ccccc2)cc1. The largest absolute Gasteiger partial charge is 0.494 e. The zero-order valence-corrected chi connectivity index (χ0v) is 19.4. The summed E-state index contributed by atoms with van der Waals surface area (Å²) >= 11 is 0. The Labute approximate surface area is 194 Å². The maximum atomic E-state index is 13.3. The standard InChI is InChI=1S/C26H30N2O5/c1-5-32-21-13-11-20(12-14-21)24(19-9-7-6-8-10-19)28-25(29)23-17(2)22(18(3)27-23)26(30)33-16-15-31-4/h6-14,24,27H,5,15-16H2,1-4H3,(H,28,29). The van der Waals surface area contributed by atoms with Crippen LogP contribution in [0, 0.1) is 13.8 Å². The van der Waals surface area contributed by atoms with E-state index in [1.165, 1.54) is 7.11 Å². The van der Waals surface area contributed by atoms with E-state index in [2.05, 4.69) is 10.3 Å². The molecule has 1 amide bonds. The van der Waals surface area contributed by atoms with Crippen LogP contribution in [-0.4, -0.2) is 43.8 Å². The molecule has 1 aromatic heterocycles. The third-order valence-corrected chi connectivity index (χ3v) is 5.32. The predicted octanol–water partition coefficient (Wildman–Crippen LogP) is 4.35. The third-order valence-electron chi connectivity index (χ3n) is 5.32. The molecule has 33 heavy (non-hydrogen) atoms. The molecule has 0 aliphatic heterocycles. The number of rotatable bonds is 10. The fraction of sp³-hybridized carbons (Fsp3) is 0.308. The smallest absolute Gasteiger partial charge is 0.340 e. The van der Waals surface area contributed by atoms with Crippen LogP contribution in [0.1, 0.15) is 56.2 Å². The molecule has 0 aliphatic rings. The molecule has 0 spiro atoms. The Balaban J connectivity index is 1.87. The summed E-state index contributed by atoms with van der Waals surface area (Å²) in [4.78, 5) is 28.9. The van der Waals surface area contributed by atoms with Gasteiger partial charge in [0, 0.05) is 12.8 Å². The second-order valence-corrected chi connectivity index (χ2v) is 7.57. The van der Waals surface area contributed by atoms with Crippen molar-refractivity contribution >= 4 is 11.9 Å². The Morgan fingerprint density at radius 1 is 0.970 bits per heavy atom. The van der Waals surface area contributed by atoms with Gasteiger partial charge in [-0.05, 0) is 49.6 Å². The lowest BCUT2D eigenvalue weighted by molar-refractivity contribution is 0.0386. The highest BCUT2D eigenvalue weighted by atomic mass is 16.6. The molecule has 7 heteroatoms. The molecule has 0 aliphatic carbocycles. The molecule has 1 unspecified atom stereocenters. The van der Waals surface area contributed by atoms with E-state index in [1.54, 1.807) is 13.8 Å². The number of H-pyrrole nitrogens is 1. The van der Waals surface area contributed by atoms with E-state index in [9.17, 15) is 9.59 Å². The average molecular weight is 451 g/mol. The van der Waals surface area contributed by atoms with E-state index in [0.29, 0.717) is 35.7 Å². The van der Waals surface area contributed by atoms with E-state index in [1.807, 2.05) is 61.5 Å². The van der Waals surface area contributed by atoms with Gasteiger partial charge < -0.3 is 24.5 Å². The van der Waals surface area contributed by atoms with Crippen LogP contribution < -0.4 is 10.1 Å². The number of benzene rings is 2. The lowest BCUT2D eigenvalue weighted by Gasteiger charge is -2.20. The van der Waals surface area contributed by atoms with Crippen molar-refractivity contribution in [3.8, 4) is 5.75 Å². The maximum absolute atomic E-state index is 13.3. The number of carbonyl (C=O) groups is 2. The number of aryl methyl sites for hydroxylation is 1. The van der Waals surface area contributed by atoms with Crippen molar-refractivity contribution in [3.05, 3.63) is 88.2 Å². The van der Waals surface area contributed by atoms with Gasteiger partial charge in [-0.1, -0.05) is 42.5 Å². The number of hydrogen-bond donors (Lipinski definition) is 2. The van der Waals surface area contributed by atoms with Crippen molar-refractivity contribution in [2.24, 2.45) is 0 Å². The van der Waals surface area contributed by atoms with Crippen molar-refractivity contribution in [2.45, 2.75) is 26.8 Å². The van der Waals surface area contributed by atoms with E-state index < -0.39 is 5.97 Å². The highest BCUT2D eigenvalue weighted by molar-refractivity contribution is 6.00. The number of aromatic amines is 1. The quantitative estimate of drug-likeness (QED) is 0.354. The molecular formula is C26H30N2O5. The first-order valence-corrected chi connectivity index (χ1v) is 10.9. The Kier molecular flexibility index (Phi) is 8.27. The normalized spacial score (nSPS) is 11.6. The predicted molar refractivity (Wildman–Crippen MR) is 126 cm³/mol. The van der Waals surface area contributed by atoms with Crippen molar-refractivity contribution in [1.29, 1.82) is 0 Å². The number of amides is 1. The first-order valence-electron chi connectivity index (χ1n) is 10.9. The van der Waals surface area contributed by atoms with Gasteiger partial charge in [0.2, 0.25) is 0 Å². The molecule has 0 bridgehead atoms. The minimum Gasteiger partial charge on any atom is -0.494 e. The van der Waals surface area contributed by atoms with Crippen molar-refractivity contribution < 1.29 is 23.8 Å². The molecule has 3 rings (SSSR count). The molecule has 2 aromatic carbocycles. The van der Waals surface area contributed by atoms with Crippen LogP contribution in [-0.2, 0) is 9.47 Å². The molecule has 1 atom stereocenters. The molecule has 0 fully saturated rings. The molecule has 0 saturated carbocycles. The minimum atomic E-state index is -0.483. The van der Waals surface area contributed by atoms with Gasteiger partial charge in [0.1, 0.15) is 18.1 Å².